The number of aromatic amines is 1. The first-order valence-electron chi connectivity index (χ1n) is 7.53. The molecule has 25 heavy (non-hydrogen) atoms. The molecule has 9 heteroatoms. The molecule has 4 aromatic rings. The maximum absolute atomic E-state index is 12.6. The SMILES string of the molecule is CC(Nc1ncc2c(-c3ccn4nccc4c3)c[nH]c2n1)C(F)(F)F. The number of halogens is 3. The Morgan fingerprint density at radius 1 is 1.28 bits per heavy atom. The van der Waals surface area contributed by atoms with E-state index in [2.05, 4.69) is 25.4 Å². The molecule has 0 aliphatic heterocycles. The summed E-state index contributed by atoms with van der Waals surface area (Å²) in [7, 11) is 0. The van der Waals surface area contributed by atoms with Gasteiger partial charge in [0.05, 0.1) is 5.52 Å². The van der Waals surface area contributed by atoms with Gasteiger partial charge in [-0.25, -0.2) is 9.50 Å². The van der Waals surface area contributed by atoms with Crippen molar-refractivity contribution in [2.24, 2.45) is 0 Å². The zero-order chi connectivity index (χ0) is 17.6. The molecule has 0 aromatic carbocycles. The molecule has 0 spiro atoms. The zero-order valence-corrected chi connectivity index (χ0v) is 13.0. The number of anilines is 1. The standard InChI is InChI=1S/C16H13F3N6/c1-9(16(17,18)19)23-15-21-8-13-12(7-20-14(13)24-15)10-3-5-25-11(6-10)2-4-22-25/h2-9H,1H3,(H2,20,21,23,24). The zero-order valence-electron chi connectivity index (χ0n) is 13.0. The summed E-state index contributed by atoms with van der Waals surface area (Å²) in [5, 5.41) is 7.14. The topological polar surface area (TPSA) is 70.9 Å². The van der Waals surface area contributed by atoms with Crippen LogP contribution in [0, 0.1) is 0 Å². The van der Waals surface area contributed by atoms with Crippen LogP contribution in [-0.2, 0) is 0 Å². The van der Waals surface area contributed by atoms with Crippen LogP contribution in [0.4, 0.5) is 19.1 Å². The van der Waals surface area contributed by atoms with E-state index in [0.717, 1.165) is 29.0 Å². The average Bonchev–Trinajstić information content (AvgIpc) is 3.19. The van der Waals surface area contributed by atoms with Crippen molar-refractivity contribution in [1.82, 2.24) is 24.6 Å². The predicted octanol–water partition coefficient (Wildman–Crippen LogP) is 3.64. The Balaban J connectivity index is 1.70. The summed E-state index contributed by atoms with van der Waals surface area (Å²) in [6.07, 6.45) is 2.46. The lowest BCUT2D eigenvalue weighted by molar-refractivity contribution is -0.138. The second-order valence-corrected chi connectivity index (χ2v) is 5.68. The van der Waals surface area contributed by atoms with Gasteiger partial charge < -0.3 is 10.3 Å². The van der Waals surface area contributed by atoms with E-state index in [1.807, 2.05) is 24.4 Å². The third-order valence-electron chi connectivity index (χ3n) is 3.98. The molecule has 2 N–H and O–H groups in total. The summed E-state index contributed by atoms with van der Waals surface area (Å²) >= 11 is 0. The van der Waals surface area contributed by atoms with Crippen molar-refractivity contribution < 1.29 is 13.2 Å². The highest BCUT2D eigenvalue weighted by Crippen LogP contribution is 2.29. The third kappa shape index (κ3) is 2.77. The molecule has 6 nitrogen and oxygen atoms in total. The van der Waals surface area contributed by atoms with Crippen LogP contribution in [0.25, 0.3) is 27.7 Å². The Morgan fingerprint density at radius 2 is 2.12 bits per heavy atom. The van der Waals surface area contributed by atoms with Crippen molar-refractivity contribution in [3.8, 4) is 11.1 Å². The normalized spacial score (nSPS) is 13.4. The fraction of sp³-hybridized carbons (Fsp3) is 0.188. The van der Waals surface area contributed by atoms with Crippen LogP contribution in [-0.4, -0.2) is 36.8 Å². The number of nitrogens with zero attached hydrogens (tertiary/aromatic N) is 4. The summed E-state index contributed by atoms with van der Waals surface area (Å²) in [5.41, 5.74) is 3.21. The fourth-order valence-corrected chi connectivity index (χ4v) is 2.58. The quantitative estimate of drug-likeness (QED) is 0.594. The number of H-pyrrole nitrogens is 1. The fourth-order valence-electron chi connectivity index (χ4n) is 2.58. The molecule has 0 aliphatic carbocycles. The predicted molar refractivity (Wildman–Crippen MR) is 87.2 cm³/mol. The Bertz CT molecular complexity index is 1050. The number of alkyl halides is 3. The minimum absolute atomic E-state index is 0.0723. The second kappa shape index (κ2) is 5.47. The number of aromatic nitrogens is 5. The molecule has 0 bridgehead atoms. The largest absolute Gasteiger partial charge is 0.408 e. The van der Waals surface area contributed by atoms with Gasteiger partial charge in [0.15, 0.2) is 0 Å². The van der Waals surface area contributed by atoms with E-state index < -0.39 is 12.2 Å². The van der Waals surface area contributed by atoms with Crippen LogP contribution >= 0.6 is 0 Å². The summed E-state index contributed by atoms with van der Waals surface area (Å²) < 4.78 is 39.7. The number of pyridine rings is 1. The summed E-state index contributed by atoms with van der Waals surface area (Å²) in [6, 6.07) is 4.02. The van der Waals surface area contributed by atoms with E-state index in [9.17, 15) is 13.2 Å². The van der Waals surface area contributed by atoms with Crippen LogP contribution < -0.4 is 5.32 Å². The molecular weight excluding hydrogens is 333 g/mol. The van der Waals surface area contributed by atoms with Gasteiger partial charge in [-0.15, -0.1) is 0 Å². The summed E-state index contributed by atoms with van der Waals surface area (Å²) in [5.74, 6) is -0.0723. The first kappa shape index (κ1) is 15.4. The molecule has 0 saturated heterocycles. The van der Waals surface area contributed by atoms with Crippen LogP contribution in [0.5, 0.6) is 0 Å². The molecule has 1 unspecified atom stereocenters. The first-order valence-corrected chi connectivity index (χ1v) is 7.53. The van der Waals surface area contributed by atoms with Crippen molar-refractivity contribution in [3.63, 3.8) is 0 Å². The third-order valence-corrected chi connectivity index (χ3v) is 3.98. The Hall–Kier alpha value is -3.10. The van der Waals surface area contributed by atoms with Crippen LogP contribution in [0.15, 0.2) is 43.0 Å². The molecule has 0 amide bonds. The van der Waals surface area contributed by atoms with E-state index in [4.69, 9.17) is 0 Å². The van der Waals surface area contributed by atoms with Gasteiger partial charge >= 0.3 is 6.18 Å². The van der Waals surface area contributed by atoms with Crippen LogP contribution in [0.3, 0.4) is 0 Å². The van der Waals surface area contributed by atoms with Gasteiger partial charge in [-0.05, 0) is 30.7 Å². The monoisotopic (exact) mass is 346 g/mol. The number of rotatable bonds is 3. The molecule has 1 atom stereocenters. The Kier molecular flexibility index (Phi) is 3.38. The lowest BCUT2D eigenvalue weighted by Gasteiger charge is -2.16. The molecule has 4 aromatic heterocycles. The van der Waals surface area contributed by atoms with Gasteiger partial charge in [0.1, 0.15) is 11.7 Å². The van der Waals surface area contributed by atoms with E-state index in [-0.39, 0.29) is 5.95 Å². The molecule has 0 radical (unpaired) electrons. The molecule has 0 fully saturated rings. The maximum Gasteiger partial charge on any atom is 0.408 e. The highest BCUT2D eigenvalue weighted by Gasteiger charge is 2.36. The molecular formula is C16H13F3N6. The van der Waals surface area contributed by atoms with Gasteiger partial charge in [-0.3, -0.25) is 0 Å². The van der Waals surface area contributed by atoms with E-state index in [1.54, 1.807) is 16.9 Å². The number of hydrogen-bond acceptors (Lipinski definition) is 4. The smallest absolute Gasteiger partial charge is 0.345 e. The van der Waals surface area contributed by atoms with Gasteiger partial charge in [0, 0.05) is 35.7 Å². The van der Waals surface area contributed by atoms with Crippen molar-refractivity contribution in [2.45, 2.75) is 19.1 Å². The number of fused-ring (bicyclic) bond motifs is 2. The molecule has 4 rings (SSSR count). The van der Waals surface area contributed by atoms with Crippen molar-refractivity contribution in [3.05, 3.63) is 43.0 Å². The van der Waals surface area contributed by atoms with E-state index in [1.165, 1.54) is 6.20 Å². The molecule has 128 valence electrons. The van der Waals surface area contributed by atoms with Crippen molar-refractivity contribution >= 4 is 22.5 Å². The van der Waals surface area contributed by atoms with Crippen molar-refractivity contribution in [2.75, 3.05) is 5.32 Å². The minimum Gasteiger partial charge on any atom is -0.345 e. The van der Waals surface area contributed by atoms with Gasteiger partial charge in [0.2, 0.25) is 5.95 Å². The maximum atomic E-state index is 12.6. The van der Waals surface area contributed by atoms with Crippen LogP contribution in [0.1, 0.15) is 6.92 Å². The van der Waals surface area contributed by atoms with E-state index >= 15 is 0 Å². The van der Waals surface area contributed by atoms with Gasteiger partial charge in [-0.2, -0.15) is 23.3 Å². The number of nitrogens with one attached hydrogen (secondary N) is 2. The summed E-state index contributed by atoms with van der Waals surface area (Å²) in [6.45, 7) is 1.02. The Morgan fingerprint density at radius 3 is 2.92 bits per heavy atom. The summed E-state index contributed by atoms with van der Waals surface area (Å²) in [4.78, 5) is 11.1. The second-order valence-electron chi connectivity index (χ2n) is 5.68. The molecule has 4 heterocycles. The molecule has 0 aliphatic rings. The van der Waals surface area contributed by atoms with Crippen LogP contribution in [0.2, 0.25) is 0 Å². The first-order chi connectivity index (χ1) is 11.9. The highest BCUT2D eigenvalue weighted by molar-refractivity contribution is 5.94. The highest BCUT2D eigenvalue weighted by atomic mass is 19.4. The number of hydrogen-bond donors (Lipinski definition) is 2. The molecule has 0 saturated carbocycles. The van der Waals surface area contributed by atoms with E-state index in [0.29, 0.717) is 5.65 Å². The van der Waals surface area contributed by atoms with Gasteiger partial charge in [-0.1, -0.05) is 0 Å². The van der Waals surface area contributed by atoms with Gasteiger partial charge in [0.25, 0.3) is 0 Å². The lowest BCUT2D eigenvalue weighted by Crippen LogP contribution is -2.33. The van der Waals surface area contributed by atoms with Crippen molar-refractivity contribution in [1.29, 1.82) is 0 Å². The lowest BCUT2D eigenvalue weighted by atomic mass is 10.1. The minimum atomic E-state index is -4.36. The Labute approximate surface area is 139 Å². The average molecular weight is 346 g/mol.